The van der Waals surface area contributed by atoms with Crippen molar-refractivity contribution in [3.8, 4) is 5.82 Å². The molecule has 0 bridgehead atoms. The van der Waals surface area contributed by atoms with Crippen molar-refractivity contribution < 1.29 is 19.5 Å². The number of amides is 1. The number of aromatic nitrogens is 4. The van der Waals surface area contributed by atoms with Crippen molar-refractivity contribution >= 4 is 5.91 Å². The van der Waals surface area contributed by atoms with E-state index >= 15 is 0 Å². The van der Waals surface area contributed by atoms with Gasteiger partial charge in [-0.2, -0.15) is 5.10 Å². The van der Waals surface area contributed by atoms with E-state index in [1.54, 1.807) is 35.1 Å². The van der Waals surface area contributed by atoms with Crippen molar-refractivity contribution in [2.24, 2.45) is 5.92 Å². The van der Waals surface area contributed by atoms with Crippen LogP contribution in [0.5, 0.6) is 0 Å². The number of aliphatic hydroxyl groups is 1. The normalized spacial score (nSPS) is 25.4. The van der Waals surface area contributed by atoms with Crippen LogP contribution in [0.4, 0.5) is 0 Å². The van der Waals surface area contributed by atoms with Gasteiger partial charge in [-0.1, -0.05) is 24.3 Å². The van der Waals surface area contributed by atoms with Crippen LogP contribution < -0.4 is 14.9 Å². The summed E-state index contributed by atoms with van der Waals surface area (Å²) in [6.45, 7) is 0. The Kier molecular flexibility index (Phi) is 3.73. The van der Waals surface area contributed by atoms with Crippen molar-refractivity contribution in [1.82, 2.24) is 20.1 Å². The van der Waals surface area contributed by atoms with E-state index < -0.39 is 12.1 Å². The van der Waals surface area contributed by atoms with E-state index in [1.165, 1.54) is 0 Å². The van der Waals surface area contributed by atoms with Crippen LogP contribution in [-0.2, 0) is 12.8 Å². The second-order valence-electron chi connectivity index (χ2n) is 8.31. The van der Waals surface area contributed by atoms with Gasteiger partial charge in [0, 0.05) is 22.6 Å². The zero-order chi connectivity index (χ0) is 20.4. The lowest BCUT2D eigenvalue weighted by Gasteiger charge is -2.17. The molecule has 0 radical (unpaired) electrons. The number of fused-ring (bicyclic) bond motifs is 4. The summed E-state index contributed by atoms with van der Waals surface area (Å²) in [5, 5.41) is 18.2. The Morgan fingerprint density at radius 1 is 1.33 bits per heavy atom. The molecule has 0 unspecified atom stereocenters. The monoisotopic (exact) mass is 404 g/mol. The van der Waals surface area contributed by atoms with Crippen LogP contribution in [0, 0.1) is 5.92 Å². The minimum Gasteiger partial charge on any atom is -0.390 e. The minimum absolute atomic E-state index is 0.248. The fourth-order valence-electron chi connectivity index (χ4n) is 5.02. The first-order valence-electron chi connectivity index (χ1n) is 10.2. The molecular formula is C22H22N5O3+. The second kappa shape index (κ2) is 6.37. The predicted molar refractivity (Wildman–Crippen MR) is 105 cm³/mol. The first-order valence-corrected chi connectivity index (χ1v) is 10.2. The van der Waals surface area contributed by atoms with E-state index in [2.05, 4.69) is 15.4 Å². The quantitative estimate of drug-likeness (QED) is 0.624. The highest BCUT2D eigenvalue weighted by molar-refractivity contribution is 5.95. The van der Waals surface area contributed by atoms with Gasteiger partial charge in [-0.25, -0.2) is 9.67 Å². The maximum Gasteiger partial charge on any atom is 0.272 e. The number of hydrogen-bond acceptors (Lipinski definition) is 5. The van der Waals surface area contributed by atoms with Crippen LogP contribution in [0.2, 0.25) is 0 Å². The number of aliphatic hydroxyl groups excluding tert-OH is 1. The third-order valence-electron chi connectivity index (χ3n) is 6.56. The molecule has 0 saturated heterocycles. The second-order valence-corrected chi connectivity index (χ2v) is 8.31. The van der Waals surface area contributed by atoms with Gasteiger partial charge >= 0.3 is 0 Å². The van der Waals surface area contributed by atoms with Gasteiger partial charge < -0.3 is 10.4 Å². The fraction of sp³-hybridized carbons (Fsp3) is 0.364. The Hall–Kier alpha value is -3.26. The van der Waals surface area contributed by atoms with Gasteiger partial charge in [-0.15, -0.1) is 0 Å². The van der Waals surface area contributed by atoms with Gasteiger partial charge in [0.05, 0.1) is 24.0 Å². The fourth-order valence-corrected chi connectivity index (χ4v) is 5.02. The van der Waals surface area contributed by atoms with Crippen LogP contribution in [0.1, 0.15) is 51.3 Å². The number of benzene rings is 1. The minimum atomic E-state index is -0.633. The topological polar surface area (TPSA) is 93.2 Å². The molecule has 3 aliphatic rings. The van der Waals surface area contributed by atoms with Crippen molar-refractivity contribution in [2.75, 3.05) is 7.11 Å². The maximum absolute atomic E-state index is 13.3. The van der Waals surface area contributed by atoms with E-state index in [4.69, 9.17) is 4.84 Å². The zero-order valence-corrected chi connectivity index (χ0v) is 16.5. The lowest BCUT2D eigenvalue weighted by atomic mass is 10.1. The summed E-state index contributed by atoms with van der Waals surface area (Å²) < 4.78 is 3.34. The molecule has 0 aliphatic heterocycles. The molecular weight excluding hydrogens is 382 g/mol. The largest absolute Gasteiger partial charge is 0.390 e. The van der Waals surface area contributed by atoms with Gasteiger partial charge in [-0.3, -0.25) is 9.63 Å². The maximum atomic E-state index is 13.3. The highest BCUT2D eigenvalue weighted by Crippen LogP contribution is 2.57. The zero-order valence-electron chi connectivity index (χ0n) is 16.5. The molecule has 1 fully saturated rings. The van der Waals surface area contributed by atoms with Gasteiger partial charge in [0.2, 0.25) is 12.0 Å². The van der Waals surface area contributed by atoms with Crippen molar-refractivity contribution in [3.63, 3.8) is 0 Å². The van der Waals surface area contributed by atoms with Gasteiger partial charge in [0.25, 0.3) is 12.1 Å². The SMILES string of the molecule is CO[n+]1ccnc(-n2nc(C(=O)N[C@H]3c4ccccc4C[C@@H]3O)c3c2[C@H]2C[C@H]2C3)c1. The highest BCUT2D eigenvalue weighted by atomic mass is 16.6. The third kappa shape index (κ3) is 2.56. The van der Waals surface area contributed by atoms with Gasteiger partial charge in [-0.05, 0) is 29.9 Å². The Bertz CT molecular complexity index is 1170. The van der Waals surface area contributed by atoms with E-state index in [9.17, 15) is 9.90 Å². The lowest BCUT2D eigenvalue weighted by molar-refractivity contribution is -0.885. The summed E-state index contributed by atoms with van der Waals surface area (Å²) in [5.74, 6) is 1.40. The summed E-state index contributed by atoms with van der Waals surface area (Å²) in [6, 6.07) is 7.43. The summed E-state index contributed by atoms with van der Waals surface area (Å²) >= 11 is 0. The number of hydrogen-bond donors (Lipinski definition) is 2. The highest BCUT2D eigenvalue weighted by Gasteiger charge is 2.50. The first-order chi connectivity index (χ1) is 14.6. The van der Waals surface area contributed by atoms with Crippen molar-refractivity contribution in [3.05, 3.63) is 70.9 Å². The molecule has 2 N–H and O–H groups in total. The van der Waals surface area contributed by atoms with Gasteiger partial charge in [0.1, 0.15) is 7.11 Å². The number of nitrogens with zero attached hydrogens (tertiary/aromatic N) is 4. The molecule has 1 amide bonds. The Morgan fingerprint density at radius 3 is 3.07 bits per heavy atom. The number of nitrogens with one attached hydrogen (secondary N) is 1. The van der Waals surface area contributed by atoms with Crippen LogP contribution in [0.3, 0.4) is 0 Å². The molecule has 2 heterocycles. The third-order valence-corrected chi connectivity index (χ3v) is 6.56. The van der Waals surface area contributed by atoms with Crippen LogP contribution >= 0.6 is 0 Å². The van der Waals surface area contributed by atoms with E-state index in [0.717, 1.165) is 35.2 Å². The smallest absolute Gasteiger partial charge is 0.272 e. The Labute approximate surface area is 173 Å². The summed E-state index contributed by atoms with van der Waals surface area (Å²) in [7, 11) is 1.58. The van der Waals surface area contributed by atoms with Crippen molar-refractivity contribution in [1.29, 1.82) is 0 Å². The van der Waals surface area contributed by atoms with E-state index in [0.29, 0.717) is 29.8 Å². The summed E-state index contributed by atoms with van der Waals surface area (Å²) in [4.78, 5) is 22.9. The average molecular weight is 404 g/mol. The van der Waals surface area contributed by atoms with Crippen molar-refractivity contribution in [2.45, 2.75) is 37.3 Å². The molecule has 3 aliphatic carbocycles. The standard InChI is InChI=1S/C22H21N5O3/c1-30-26-7-6-23-18(11-26)27-21-15-8-13(15)9-16(21)20(25-27)22(29)24-19-14-5-3-2-4-12(14)10-17(19)28/h2-7,11,13,15,17,19,28H,8-10H2,1H3/p+1/t13-,15-,17-,19-/m0/s1. The molecule has 6 rings (SSSR count). The Morgan fingerprint density at radius 2 is 2.20 bits per heavy atom. The average Bonchev–Trinajstić information content (AvgIpc) is 3.12. The van der Waals surface area contributed by atoms with Crippen LogP contribution in [-0.4, -0.2) is 39.0 Å². The molecule has 1 saturated carbocycles. The van der Waals surface area contributed by atoms with E-state index in [-0.39, 0.29) is 5.91 Å². The molecule has 4 atom stereocenters. The molecule has 8 heteroatoms. The molecule has 152 valence electrons. The predicted octanol–water partition coefficient (Wildman–Crippen LogP) is 0.661. The Balaban J connectivity index is 1.37. The number of carbonyl (C=O) groups is 1. The number of carbonyl (C=O) groups excluding carboxylic acids is 1. The molecule has 30 heavy (non-hydrogen) atoms. The molecule has 1 aromatic carbocycles. The first kappa shape index (κ1) is 17.6. The lowest BCUT2D eigenvalue weighted by Crippen LogP contribution is -2.40. The summed E-state index contributed by atoms with van der Waals surface area (Å²) in [5.41, 5.74) is 4.57. The molecule has 2 aromatic heterocycles. The summed E-state index contributed by atoms with van der Waals surface area (Å²) in [6.07, 6.45) is 7.02. The van der Waals surface area contributed by atoms with E-state index in [1.807, 2.05) is 24.3 Å². The van der Waals surface area contributed by atoms with Crippen LogP contribution in [0.25, 0.3) is 5.82 Å². The number of rotatable bonds is 4. The molecule has 8 nitrogen and oxygen atoms in total. The molecule has 3 aromatic rings. The van der Waals surface area contributed by atoms with Crippen LogP contribution in [0.15, 0.2) is 42.9 Å². The molecule has 0 spiro atoms. The van der Waals surface area contributed by atoms with Gasteiger partial charge in [0.15, 0.2) is 5.69 Å².